The minimum Gasteiger partial charge on any atom is -0.744 e. The van der Waals surface area contributed by atoms with Crippen LogP contribution in [0.2, 0.25) is 0 Å². The number of para-hydroxylation sites is 1. The molecule has 0 unspecified atom stereocenters. The van der Waals surface area contributed by atoms with Gasteiger partial charge in [0.15, 0.2) is 0 Å². The molecule has 0 amide bonds. The zero-order chi connectivity index (χ0) is 14.9. The second-order valence-corrected chi connectivity index (χ2v) is 5.95. The highest BCUT2D eigenvalue weighted by atomic mass is 32.2. The van der Waals surface area contributed by atoms with E-state index in [9.17, 15) is 13.0 Å². The largest absolute Gasteiger partial charge is 0.744 e. The fourth-order valence-corrected chi connectivity index (χ4v) is 3.02. The number of rotatable bonds is 3. The quantitative estimate of drug-likeness (QED) is 0.751. The first-order chi connectivity index (χ1) is 10.1. The molecule has 0 radical (unpaired) electrons. The Kier molecular flexibility index (Phi) is 3.37. The molecule has 0 fully saturated rings. The molecule has 0 aromatic heterocycles. The second-order valence-electron chi connectivity index (χ2n) is 4.60. The second kappa shape index (κ2) is 5.20. The fourth-order valence-electron chi connectivity index (χ4n) is 2.30. The van der Waals surface area contributed by atoms with Crippen molar-refractivity contribution in [1.29, 1.82) is 0 Å². The summed E-state index contributed by atoms with van der Waals surface area (Å²) in [6.07, 6.45) is 0. The van der Waals surface area contributed by atoms with Gasteiger partial charge in [-0.25, -0.2) is 8.42 Å². The average molecular weight is 298 g/mol. The molecule has 3 aromatic rings. The molecule has 0 saturated carbocycles. The van der Waals surface area contributed by atoms with Crippen LogP contribution in [-0.2, 0) is 10.1 Å². The predicted octanol–water partition coefficient (Wildman–Crippen LogP) is 3.49. The first kappa shape index (κ1) is 13.6. The molecule has 1 N–H and O–H groups in total. The van der Waals surface area contributed by atoms with E-state index in [0.29, 0.717) is 16.5 Å². The minimum absolute atomic E-state index is 0.209. The summed E-state index contributed by atoms with van der Waals surface area (Å²) in [5.74, 6) is 0. The lowest BCUT2D eigenvalue weighted by Crippen LogP contribution is -2.01. The highest BCUT2D eigenvalue weighted by Crippen LogP contribution is 2.31. The van der Waals surface area contributed by atoms with Crippen molar-refractivity contribution in [3.8, 4) is 0 Å². The molecule has 0 heterocycles. The Morgan fingerprint density at radius 2 is 1.48 bits per heavy atom. The molecule has 0 bridgehead atoms. The minimum atomic E-state index is -4.53. The fraction of sp³-hybridized carbons (Fsp3) is 0. The summed E-state index contributed by atoms with van der Waals surface area (Å²) in [6, 6.07) is 19.4. The van der Waals surface area contributed by atoms with Gasteiger partial charge in [0.25, 0.3) is 0 Å². The van der Waals surface area contributed by atoms with E-state index in [2.05, 4.69) is 5.32 Å². The third-order valence-electron chi connectivity index (χ3n) is 3.19. The summed E-state index contributed by atoms with van der Waals surface area (Å²) in [4.78, 5) is -0.209. The van der Waals surface area contributed by atoms with Gasteiger partial charge in [0.1, 0.15) is 10.1 Å². The first-order valence-electron chi connectivity index (χ1n) is 6.35. The van der Waals surface area contributed by atoms with Crippen molar-refractivity contribution < 1.29 is 13.0 Å². The lowest BCUT2D eigenvalue weighted by atomic mass is 10.1. The maximum absolute atomic E-state index is 11.5. The van der Waals surface area contributed by atoms with Gasteiger partial charge in [-0.2, -0.15) is 0 Å². The summed E-state index contributed by atoms with van der Waals surface area (Å²) in [6.45, 7) is 0. The van der Waals surface area contributed by atoms with Crippen LogP contribution in [-0.4, -0.2) is 13.0 Å². The van der Waals surface area contributed by atoms with E-state index < -0.39 is 10.1 Å². The number of hydrogen-bond donors (Lipinski definition) is 1. The van der Waals surface area contributed by atoms with E-state index in [0.717, 1.165) is 5.69 Å². The maximum atomic E-state index is 11.5. The van der Waals surface area contributed by atoms with Crippen molar-refractivity contribution in [3.05, 3.63) is 66.7 Å². The van der Waals surface area contributed by atoms with Gasteiger partial charge in [0.05, 0.1) is 4.90 Å². The van der Waals surface area contributed by atoms with E-state index >= 15 is 0 Å². The van der Waals surface area contributed by atoms with Crippen LogP contribution in [0, 0.1) is 0 Å². The van der Waals surface area contributed by atoms with Gasteiger partial charge >= 0.3 is 0 Å². The van der Waals surface area contributed by atoms with E-state index in [1.807, 2.05) is 36.4 Å². The predicted molar refractivity (Wildman–Crippen MR) is 81.6 cm³/mol. The monoisotopic (exact) mass is 298 g/mol. The number of fused-ring (bicyclic) bond motifs is 1. The highest BCUT2D eigenvalue weighted by Gasteiger charge is 2.11. The van der Waals surface area contributed by atoms with Gasteiger partial charge in [0.2, 0.25) is 0 Å². The van der Waals surface area contributed by atoms with Crippen LogP contribution in [0.15, 0.2) is 71.6 Å². The zero-order valence-corrected chi connectivity index (χ0v) is 11.8. The lowest BCUT2D eigenvalue weighted by Gasteiger charge is -2.15. The summed E-state index contributed by atoms with van der Waals surface area (Å²) in [5.41, 5.74) is 1.41. The van der Waals surface area contributed by atoms with Crippen LogP contribution in [0.3, 0.4) is 0 Å². The third-order valence-corrected chi connectivity index (χ3v) is 4.07. The number of hydrogen-bond acceptors (Lipinski definition) is 4. The topological polar surface area (TPSA) is 69.2 Å². The molecule has 0 atom stereocenters. The Morgan fingerprint density at radius 1 is 0.810 bits per heavy atom. The third kappa shape index (κ3) is 2.74. The van der Waals surface area contributed by atoms with E-state index in [-0.39, 0.29) is 4.90 Å². The maximum Gasteiger partial charge on any atom is 0.125 e. The standard InChI is InChI=1S/C16H13NO3S/c18-21(19,20)15-11-5-7-12-6-4-10-14(16(12)15)17-13-8-2-1-3-9-13/h1-11,17H,(H,18,19,20)/p-1. The van der Waals surface area contributed by atoms with Gasteiger partial charge in [-0.15, -0.1) is 0 Å². The van der Waals surface area contributed by atoms with Crippen molar-refractivity contribution in [2.45, 2.75) is 4.90 Å². The Balaban J connectivity index is 2.24. The molecule has 21 heavy (non-hydrogen) atoms. The molecule has 106 valence electrons. The SMILES string of the molecule is O=S(=O)([O-])c1cccc2cccc(Nc3ccccc3)c12. The lowest BCUT2D eigenvalue weighted by molar-refractivity contribution is 0.464. The van der Waals surface area contributed by atoms with Crippen LogP contribution in [0.25, 0.3) is 10.8 Å². The Labute approximate surface area is 122 Å². The van der Waals surface area contributed by atoms with Gasteiger partial charge < -0.3 is 9.87 Å². The van der Waals surface area contributed by atoms with Crippen molar-refractivity contribution in [2.75, 3.05) is 5.32 Å². The molecule has 4 nitrogen and oxygen atoms in total. The first-order valence-corrected chi connectivity index (χ1v) is 7.76. The van der Waals surface area contributed by atoms with E-state index in [1.54, 1.807) is 24.3 Å². The van der Waals surface area contributed by atoms with Gasteiger partial charge in [0, 0.05) is 16.8 Å². The van der Waals surface area contributed by atoms with E-state index in [4.69, 9.17) is 0 Å². The number of anilines is 2. The normalized spacial score (nSPS) is 11.5. The Bertz CT molecular complexity index is 885. The van der Waals surface area contributed by atoms with Crippen molar-refractivity contribution >= 4 is 32.3 Å². The molecular formula is C16H12NO3S-. The highest BCUT2D eigenvalue weighted by molar-refractivity contribution is 7.86. The molecule has 5 heteroatoms. The van der Waals surface area contributed by atoms with Crippen molar-refractivity contribution in [1.82, 2.24) is 0 Å². The van der Waals surface area contributed by atoms with Gasteiger partial charge in [-0.1, -0.05) is 42.5 Å². The van der Waals surface area contributed by atoms with Crippen LogP contribution < -0.4 is 5.32 Å². The molecule has 0 aliphatic heterocycles. The van der Waals surface area contributed by atoms with Gasteiger partial charge in [-0.3, -0.25) is 0 Å². The molecule has 0 aliphatic rings. The number of nitrogens with one attached hydrogen (secondary N) is 1. The van der Waals surface area contributed by atoms with Crippen LogP contribution in [0.4, 0.5) is 11.4 Å². The molecule has 0 aliphatic carbocycles. The van der Waals surface area contributed by atoms with E-state index in [1.165, 1.54) is 6.07 Å². The molecule has 0 saturated heterocycles. The van der Waals surface area contributed by atoms with Crippen molar-refractivity contribution in [3.63, 3.8) is 0 Å². The summed E-state index contributed by atoms with van der Waals surface area (Å²) in [7, 11) is -4.53. The van der Waals surface area contributed by atoms with Crippen LogP contribution >= 0.6 is 0 Å². The summed E-state index contributed by atoms with van der Waals surface area (Å²) >= 11 is 0. The molecular weight excluding hydrogens is 286 g/mol. The van der Waals surface area contributed by atoms with Crippen molar-refractivity contribution in [2.24, 2.45) is 0 Å². The number of benzene rings is 3. The Hall–Kier alpha value is -2.37. The Morgan fingerprint density at radius 3 is 2.14 bits per heavy atom. The van der Waals surface area contributed by atoms with Gasteiger partial charge in [-0.05, 0) is 29.7 Å². The summed E-state index contributed by atoms with van der Waals surface area (Å²) in [5, 5.41) is 4.27. The zero-order valence-electron chi connectivity index (χ0n) is 11.0. The summed E-state index contributed by atoms with van der Waals surface area (Å²) < 4.78 is 34.4. The average Bonchev–Trinajstić information content (AvgIpc) is 2.47. The smallest absolute Gasteiger partial charge is 0.125 e. The molecule has 0 spiro atoms. The molecule has 3 aromatic carbocycles. The van der Waals surface area contributed by atoms with Crippen LogP contribution in [0.1, 0.15) is 0 Å². The van der Waals surface area contributed by atoms with Crippen LogP contribution in [0.5, 0.6) is 0 Å². The molecule has 3 rings (SSSR count).